The monoisotopic (exact) mass is 416 g/mol. The van der Waals surface area contributed by atoms with E-state index in [0.717, 1.165) is 24.8 Å². The Morgan fingerprint density at radius 2 is 1.76 bits per heavy atom. The zero-order valence-electron chi connectivity index (χ0n) is 16.7. The number of rotatable bonds is 8. The topological polar surface area (TPSA) is 89.7 Å². The Morgan fingerprint density at radius 3 is 2.38 bits per heavy atom. The lowest BCUT2D eigenvalue weighted by Gasteiger charge is -2.31. The van der Waals surface area contributed by atoms with Crippen LogP contribution < -0.4 is 10.5 Å². The maximum Gasteiger partial charge on any atom is 0.243 e. The summed E-state index contributed by atoms with van der Waals surface area (Å²) < 4.78 is 32.5. The molecule has 0 aromatic heterocycles. The minimum Gasteiger partial charge on any atom is -0.497 e. The molecule has 0 unspecified atom stereocenters. The molecule has 0 bridgehead atoms. The van der Waals surface area contributed by atoms with Crippen molar-refractivity contribution < 1.29 is 17.9 Å². The van der Waals surface area contributed by atoms with Gasteiger partial charge < -0.3 is 10.5 Å². The molecule has 2 N–H and O–H groups in total. The Kier molecular flexibility index (Phi) is 6.92. The molecule has 0 aliphatic carbocycles. The van der Waals surface area contributed by atoms with Crippen molar-refractivity contribution >= 4 is 15.9 Å². The van der Waals surface area contributed by atoms with E-state index in [4.69, 9.17) is 10.5 Å². The summed E-state index contributed by atoms with van der Waals surface area (Å²) >= 11 is 0. The highest BCUT2D eigenvalue weighted by molar-refractivity contribution is 7.89. The fraction of sp³-hybridized carbons (Fsp3) is 0.409. The number of ether oxygens (including phenoxy) is 1. The lowest BCUT2D eigenvalue weighted by atomic mass is 9.90. The maximum absolute atomic E-state index is 12.9. The van der Waals surface area contributed by atoms with Gasteiger partial charge in [0.15, 0.2) is 0 Å². The number of methoxy groups -OCH3 is 1. The first-order valence-corrected chi connectivity index (χ1v) is 11.3. The van der Waals surface area contributed by atoms with E-state index in [9.17, 15) is 13.2 Å². The molecule has 0 radical (unpaired) electrons. The zero-order valence-corrected chi connectivity index (χ0v) is 17.5. The molecule has 0 spiro atoms. The predicted molar refractivity (Wildman–Crippen MR) is 112 cm³/mol. The van der Waals surface area contributed by atoms with E-state index in [0.29, 0.717) is 37.6 Å². The van der Waals surface area contributed by atoms with Crippen molar-refractivity contribution in [2.24, 2.45) is 11.7 Å². The molecule has 3 rings (SSSR count). The molecule has 0 atom stereocenters. The van der Waals surface area contributed by atoms with Gasteiger partial charge in [0.25, 0.3) is 0 Å². The molecular weight excluding hydrogens is 388 g/mol. The molecule has 1 aliphatic heterocycles. The van der Waals surface area contributed by atoms with Gasteiger partial charge in [0.05, 0.1) is 12.0 Å². The lowest BCUT2D eigenvalue weighted by molar-refractivity contribution is -0.117. The molecule has 1 amide bonds. The van der Waals surface area contributed by atoms with Crippen molar-refractivity contribution in [1.29, 1.82) is 0 Å². The van der Waals surface area contributed by atoms with Gasteiger partial charge in [-0.15, -0.1) is 0 Å². The number of benzene rings is 2. The van der Waals surface area contributed by atoms with Crippen LogP contribution in [0.3, 0.4) is 0 Å². The van der Waals surface area contributed by atoms with Gasteiger partial charge in [0, 0.05) is 25.6 Å². The number of piperidine rings is 1. The number of hydrogen-bond donors (Lipinski definition) is 1. The number of primary amides is 1. The second kappa shape index (κ2) is 9.41. The first-order chi connectivity index (χ1) is 13.9. The molecule has 156 valence electrons. The Morgan fingerprint density at radius 1 is 1.10 bits per heavy atom. The molecule has 29 heavy (non-hydrogen) atoms. The first-order valence-electron chi connectivity index (χ1n) is 9.89. The van der Waals surface area contributed by atoms with Gasteiger partial charge in [0.1, 0.15) is 5.75 Å². The zero-order chi connectivity index (χ0) is 20.9. The fourth-order valence-corrected chi connectivity index (χ4v) is 5.21. The highest BCUT2D eigenvalue weighted by Gasteiger charge is 2.29. The molecule has 2 aromatic rings. The van der Waals surface area contributed by atoms with Gasteiger partial charge in [0.2, 0.25) is 15.9 Å². The minimum absolute atomic E-state index is 0.279. The van der Waals surface area contributed by atoms with E-state index < -0.39 is 10.0 Å². The average molecular weight is 417 g/mol. The fourth-order valence-electron chi connectivity index (χ4n) is 3.71. The second-order valence-corrected chi connectivity index (χ2v) is 9.45. The summed E-state index contributed by atoms with van der Waals surface area (Å²) in [5.74, 6) is 0.716. The molecule has 1 fully saturated rings. The van der Waals surface area contributed by atoms with Crippen LogP contribution in [0.1, 0.15) is 30.4 Å². The first kappa shape index (κ1) is 21.3. The van der Waals surface area contributed by atoms with E-state index in [1.807, 2.05) is 12.1 Å². The van der Waals surface area contributed by atoms with Gasteiger partial charge in [-0.1, -0.05) is 30.3 Å². The minimum atomic E-state index is -3.49. The molecule has 6 nitrogen and oxygen atoms in total. The Labute approximate surface area is 172 Å². The van der Waals surface area contributed by atoms with Crippen LogP contribution in [0.5, 0.6) is 5.75 Å². The van der Waals surface area contributed by atoms with Crippen molar-refractivity contribution in [3.05, 3.63) is 59.7 Å². The summed E-state index contributed by atoms with van der Waals surface area (Å²) in [6, 6.07) is 14.9. The van der Waals surface area contributed by atoms with E-state index in [1.54, 1.807) is 28.6 Å². The number of carbonyl (C=O) groups excluding carboxylic acids is 1. The number of aryl methyl sites for hydroxylation is 1. The summed E-state index contributed by atoms with van der Waals surface area (Å²) in [6.45, 7) is 1.06. The SMILES string of the molecule is COc1cccc(S(=O)(=O)N2CCC(Cc3ccc(CCC(N)=O)cc3)CC2)c1. The Bertz CT molecular complexity index is 934. The van der Waals surface area contributed by atoms with Crippen molar-refractivity contribution in [2.45, 2.75) is 37.0 Å². The van der Waals surface area contributed by atoms with Crippen LogP contribution in [0.25, 0.3) is 0 Å². The summed E-state index contributed by atoms with van der Waals surface area (Å²) in [6.07, 6.45) is 3.64. The van der Waals surface area contributed by atoms with Gasteiger partial charge in [-0.05, 0) is 54.9 Å². The smallest absolute Gasteiger partial charge is 0.243 e. The van der Waals surface area contributed by atoms with Crippen LogP contribution >= 0.6 is 0 Å². The summed E-state index contributed by atoms with van der Waals surface area (Å²) in [4.78, 5) is 11.2. The molecular formula is C22H28N2O4S. The normalized spacial score (nSPS) is 15.9. The second-order valence-electron chi connectivity index (χ2n) is 7.51. The quantitative estimate of drug-likeness (QED) is 0.716. The third-order valence-electron chi connectivity index (χ3n) is 5.46. The largest absolute Gasteiger partial charge is 0.497 e. The van der Waals surface area contributed by atoms with E-state index in [-0.39, 0.29) is 10.8 Å². The summed E-state index contributed by atoms with van der Waals surface area (Å²) in [7, 11) is -1.97. The van der Waals surface area contributed by atoms with Crippen molar-refractivity contribution in [1.82, 2.24) is 4.31 Å². The van der Waals surface area contributed by atoms with Gasteiger partial charge in [-0.3, -0.25) is 4.79 Å². The number of nitrogens with two attached hydrogens (primary N) is 1. The average Bonchev–Trinajstić information content (AvgIpc) is 2.73. The number of sulfonamides is 1. The van der Waals surface area contributed by atoms with Crippen LogP contribution in [0.4, 0.5) is 0 Å². The third kappa shape index (κ3) is 5.58. The molecule has 1 aliphatic rings. The van der Waals surface area contributed by atoms with Crippen LogP contribution in [-0.2, 0) is 27.7 Å². The molecule has 1 saturated heterocycles. The predicted octanol–water partition coefficient (Wildman–Crippen LogP) is 2.76. The van der Waals surface area contributed by atoms with E-state index >= 15 is 0 Å². The van der Waals surface area contributed by atoms with Crippen molar-refractivity contribution in [3.8, 4) is 5.75 Å². The van der Waals surface area contributed by atoms with Crippen LogP contribution in [0.15, 0.2) is 53.4 Å². The van der Waals surface area contributed by atoms with Crippen molar-refractivity contribution in [3.63, 3.8) is 0 Å². The summed E-state index contributed by atoms with van der Waals surface area (Å²) in [5, 5.41) is 0. The molecule has 2 aromatic carbocycles. The lowest BCUT2D eigenvalue weighted by Crippen LogP contribution is -2.38. The number of amides is 1. The van der Waals surface area contributed by atoms with E-state index in [2.05, 4.69) is 12.1 Å². The summed E-state index contributed by atoms with van der Waals surface area (Å²) in [5.41, 5.74) is 7.54. The Balaban J connectivity index is 1.55. The van der Waals surface area contributed by atoms with Crippen LogP contribution in [-0.4, -0.2) is 38.8 Å². The number of nitrogens with zero attached hydrogens (tertiary/aromatic N) is 1. The van der Waals surface area contributed by atoms with Crippen molar-refractivity contribution in [2.75, 3.05) is 20.2 Å². The highest BCUT2D eigenvalue weighted by Crippen LogP contribution is 2.27. The number of carbonyl (C=O) groups is 1. The van der Waals surface area contributed by atoms with E-state index in [1.165, 1.54) is 12.7 Å². The molecule has 1 heterocycles. The third-order valence-corrected chi connectivity index (χ3v) is 7.35. The standard InChI is InChI=1S/C22H28N2O4S/c1-28-20-3-2-4-21(16-20)29(26,27)24-13-11-19(12-14-24)15-18-7-5-17(6-8-18)9-10-22(23)25/h2-8,16,19H,9-15H2,1H3,(H2,23,25). The molecule has 7 heteroatoms. The van der Waals surface area contributed by atoms with Gasteiger partial charge >= 0.3 is 0 Å². The van der Waals surface area contributed by atoms with Gasteiger partial charge in [-0.2, -0.15) is 4.31 Å². The van der Waals surface area contributed by atoms with Gasteiger partial charge in [-0.25, -0.2) is 8.42 Å². The Hall–Kier alpha value is -2.38. The van der Waals surface area contributed by atoms with Crippen LogP contribution in [0, 0.1) is 5.92 Å². The van der Waals surface area contributed by atoms with Crippen LogP contribution in [0.2, 0.25) is 0 Å². The maximum atomic E-state index is 12.9. The number of hydrogen-bond acceptors (Lipinski definition) is 4. The molecule has 0 saturated carbocycles. The highest BCUT2D eigenvalue weighted by atomic mass is 32.2.